The zero-order valence-corrected chi connectivity index (χ0v) is 23.0. The lowest BCUT2D eigenvalue weighted by molar-refractivity contribution is -0.145. The van der Waals surface area contributed by atoms with E-state index in [0.29, 0.717) is 43.7 Å². The molecule has 8 heteroatoms. The molecule has 0 aromatic heterocycles. The van der Waals surface area contributed by atoms with Crippen molar-refractivity contribution in [2.24, 2.45) is 5.41 Å². The number of rotatable bonds is 6. The molecular weight excluding hydrogens is 482 g/mol. The van der Waals surface area contributed by atoms with E-state index < -0.39 is 11.8 Å². The van der Waals surface area contributed by atoms with E-state index in [4.69, 9.17) is 9.47 Å². The summed E-state index contributed by atoms with van der Waals surface area (Å²) in [5, 5.41) is 3.07. The zero-order chi connectivity index (χ0) is 27.5. The minimum absolute atomic E-state index is 0.101. The van der Waals surface area contributed by atoms with Crippen molar-refractivity contribution in [2.45, 2.75) is 64.8 Å². The summed E-state index contributed by atoms with van der Waals surface area (Å²) < 4.78 is 11.6. The molecule has 3 amide bonds. The van der Waals surface area contributed by atoms with Gasteiger partial charge in [0.25, 0.3) is 5.91 Å². The molecule has 4 rings (SSSR count). The molecule has 2 unspecified atom stereocenters. The van der Waals surface area contributed by atoms with Crippen LogP contribution in [0.15, 0.2) is 54.6 Å². The fraction of sp³-hybridized carbons (Fsp3) is 0.500. The first-order valence-electron chi connectivity index (χ1n) is 13.3. The molecule has 2 aliphatic rings. The van der Waals surface area contributed by atoms with Gasteiger partial charge in [0.2, 0.25) is 11.8 Å². The Hall–Kier alpha value is -3.39. The monoisotopic (exact) mass is 521 g/mol. The van der Waals surface area contributed by atoms with Gasteiger partial charge in [0.1, 0.15) is 17.5 Å². The number of hydrogen-bond acceptors (Lipinski definition) is 5. The Balaban J connectivity index is 1.57. The normalized spacial score (nSPS) is 19.8. The van der Waals surface area contributed by atoms with Crippen LogP contribution < -0.4 is 10.1 Å². The fourth-order valence-corrected chi connectivity index (χ4v) is 5.25. The van der Waals surface area contributed by atoms with Crippen molar-refractivity contribution in [1.29, 1.82) is 0 Å². The average Bonchev–Trinajstić information content (AvgIpc) is 3.26. The van der Waals surface area contributed by atoms with E-state index in [9.17, 15) is 14.4 Å². The van der Waals surface area contributed by atoms with E-state index >= 15 is 0 Å². The minimum Gasteiger partial charge on any atom is -0.497 e. The van der Waals surface area contributed by atoms with Crippen molar-refractivity contribution >= 4 is 17.7 Å². The van der Waals surface area contributed by atoms with Gasteiger partial charge in [-0.15, -0.1) is 0 Å². The summed E-state index contributed by atoms with van der Waals surface area (Å²) in [6, 6.07) is 15.6. The van der Waals surface area contributed by atoms with Gasteiger partial charge in [-0.25, -0.2) is 0 Å². The lowest BCUT2D eigenvalue weighted by Crippen LogP contribution is -2.60. The number of ether oxygens (including phenoxy) is 2. The summed E-state index contributed by atoms with van der Waals surface area (Å²) in [5.74, 6) is 0.216. The van der Waals surface area contributed by atoms with Crippen LogP contribution in [0.4, 0.5) is 0 Å². The second-order valence-electron chi connectivity index (χ2n) is 11.4. The Labute approximate surface area is 225 Å². The number of amides is 3. The van der Waals surface area contributed by atoms with Crippen molar-refractivity contribution in [3.8, 4) is 5.75 Å². The first-order chi connectivity index (χ1) is 18.0. The maximum absolute atomic E-state index is 13.9. The lowest BCUT2D eigenvalue weighted by atomic mass is 9.90. The van der Waals surface area contributed by atoms with E-state index in [1.165, 1.54) is 0 Å². The molecule has 2 aliphatic heterocycles. The number of methoxy groups -OCH3 is 1. The SMILES string of the molecule is COc1ccc(C(=O)N2C(C(=O)NC(C)c3ccccc3)COC23CCN(C(=O)CC(C)(C)C)CC3)cc1. The third-order valence-electron chi connectivity index (χ3n) is 7.36. The molecule has 8 nitrogen and oxygen atoms in total. The van der Waals surface area contributed by atoms with E-state index in [-0.39, 0.29) is 35.8 Å². The number of hydrogen-bond donors (Lipinski definition) is 1. The standard InChI is InChI=1S/C30H39N3O5/c1-21(22-9-7-6-8-10-22)31-27(35)25-20-38-30(15-17-32(18-16-30)26(34)19-29(2,3)4)33(25)28(36)23-11-13-24(37-5)14-12-23/h6-14,21,25H,15-20H2,1-5H3,(H,31,35). The predicted molar refractivity (Wildman–Crippen MR) is 145 cm³/mol. The van der Waals surface area contributed by atoms with Crippen LogP contribution >= 0.6 is 0 Å². The van der Waals surface area contributed by atoms with E-state index in [2.05, 4.69) is 5.32 Å². The van der Waals surface area contributed by atoms with Crippen LogP contribution in [0.2, 0.25) is 0 Å². The molecule has 38 heavy (non-hydrogen) atoms. The minimum atomic E-state index is -0.951. The summed E-state index contributed by atoms with van der Waals surface area (Å²) in [6.45, 7) is 9.10. The van der Waals surface area contributed by atoms with Crippen LogP contribution in [-0.2, 0) is 14.3 Å². The topological polar surface area (TPSA) is 88.2 Å². The maximum Gasteiger partial charge on any atom is 0.256 e. The van der Waals surface area contributed by atoms with E-state index in [1.807, 2.05) is 62.9 Å². The zero-order valence-electron chi connectivity index (χ0n) is 23.0. The second kappa shape index (κ2) is 11.2. The van der Waals surface area contributed by atoms with Crippen LogP contribution in [0.25, 0.3) is 0 Å². The number of carbonyl (C=O) groups is 3. The van der Waals surface area contributed by atoms with Crippen molar-refractivity contribution in [3.05, 3.63) is 65.7 Å². The summed E-state index contributed by atoms with van der Waals surface area (Å²) >= 11 is 0. The highest BCUT2D eigenvalue weighted by molar-refractivity contribution is 5.98. The molecule has 2 aromatic rings. The largest absolute Gasteiger partial charge is 0.497 e. The number of likely N-dealkylation sites (tertiary alicyclic amines) is 1. The van der Waals surface area contributed by atoms with Gasteiger partial charge in [0.15, 0.2) is 0 Å². The lowest BCUT2D eigenvalue weighted by Gasteiger charge is -2.45. The Bertz CT molecular complexity index is 1130. The van der Waals surface area contributed by atoms with Gasteiger partial charge in [-0.3, -0.25) is 19.3 Å². The molecule has 1 N–H and O–H groups in total. The van der Waals surface area contributed by atoms with Crippen LogP contribution in [0.5, 0.6) is 5.75 Å². The van der Waals surface area contributed by atoms with Gasteiger partial charge in [0.05, 0.1) is 19.8 Å². The van der Waals surface area contributed by atoms with Crippen molar-refractivity contribution < 1.29 is 23.9 Å². The highest BCUT2D eigenvalue weighted by Gasteiger charge is 2.54. The number of nitrogens with one attached hydrogen (secondary N) is 1. The smallest absolute Gasteiger partial charge is 0.256 e. The molecule has 2 heterocycles. The molecule has 204 valence electrons. The fourth-order valence-electron chi connectivity index (χ4n) is 5.25. The van der Waals surface area contributed by atoms with Crippen molar-refractivity contribution in [3.63, 3.8) is 0 Å². The molecule has 0 bridgehead atoms. The molecule has 0 aliphatic carbocycles. The number of benzene rings is 2. The molecule has 2 atom stereocenters. The molecule has 2 aromatic carbocycles. The highest BCUT2D eigenvalue weighted by Crippen LogP contribution is 2.39. The van der Waals surface area contributed by atoms with E-state index in [1.54, 1.807) is 36.3 Å². The third kappa shape index (κ3) is 6.01. The average molecular weight is 522 g/mol. The van der Waals surface area contributed by atoms with E-state index in [0.717, 1.165) is 5.56 Å². The highest BCUT2D eigenvalue weighted by atomic mass is 16.5. The van der Waals surface area contributed by atoms with Crippen LogP contribution in [0, 0.1) is 5.41 Å². The summed E-state index contributed by atoms with van der Waals surface area (Å²) in [4.78, 5) is 43.8. The van der Waals surface area contributed by atoms with Crippen LogP contribution in [0.1, 0.15) is 68.9 Å². The Morgan fingerprint density at radius 2 is 1.68 bits per heavy atom. The third-order valence-corrected chi connectivity index (χ3v) is 7.36. The molecule has 2 saturated heterocycles. The number of nitrogens with zero attached hydrogens (tertiary/aromatic N) is 2. The molecular formula is C30H39N3O5. The predicted octanol–water partition coefficient (Wildman–Crippen LogP) is 4.17. The molecule has 0 radical (unpaired) electrons. The van der Waals surface area contributed by atoms with Crippen molar-refractivity contribution in [2.75, 3.05) is 26.8 Å². The van der Waals surface area contributed by atoms with Crippen molar-refractivity contribution in [1.82, 2.24) is 15.1 Å². The molecule has 1 spiro atoms. The van der Waals surface area contributed by atoms with Gasteiger partial charge in [-0.2, -0.15) is 0 Å². The second-order valence-corrected chi connectivity index (χ2v) is 11.4. The maximum atomic E-state index is 13.9. The van der Waals surface area contributed by atoms with Crippen LogP contribution in [-0.4, -0.2) is 66.1 Å². The summed E-state index contributed by atoms with van der Waals surface area (Å²) in [5.41, 5.74) is 0.377. The van der Waals surface area contributed by atoms with Gasteiger partial charge in [0, 0.05) is 37.9 Å². The summed E-state index contributed by atoms with van der Waals surface area (Å²) in [6.07, 6.45) is 1.35. The van der Waals surface area contributed by atoms with Gasteiger partial charge < -0.3 is 19.7 Å². The Morgan fingerprint density at radius 3 is 2.26 bits per heavy atom. The quantitative estimate of drug-likeness (QED) is 0.617. The van der Waals surface area contributed by atoms with Gasteiger partial charge >= 0.3 is 0 Å². The van der Waals surface area contributed by atoms with Gasteiger partial charge in [-0.1, -0.05) is 51.1 Å². The number of carbonyl (C=O) groups excluding carboxylic acids is 3. The summed E-state index contributed by atoms with van der Waals surface area (Å²) in [7, 11) is 1.57. The first-order valence-corrected chi connectivity index (χ1v) is 13.3. The Kier molecular flexibility index (Phi) is 8.11. The first kappa shape index (κ1) is 27.6. The Morgan fingerprint density at radius 1 is 1.05 bits per heavy atom. The molecule has 0 saturated carbocycles. The van der Waals surface area contributed by atoms with Gasteiger partial charge in [-0.05, 0) is 42.2 Å². The van der Waals surface area contributed by atoms with Crippen LogP contribution in [0.3, 0.4) is 0 Å². The number of piperidine rings is 1. The molecule has 2 fully saturated rings.